The van der Waals surface area contributed by atoms with Gasteiger partial charge < -0.3 is 0 Å². The Morgan fingerprint density at radius 3 is 2.19 bits per heavy atom. The first kappa shape index (κ1) is 16.6. The predicted molar refractivity (Wildman–Crippen MR) is 95.1 cm³/mol. The third kappa shape index (κ3) is 2.15. The first-order valence-corrected chi connectivity index (χ1v) is 11.0. The zero-order valence-electron chi connectivity index (χ0n) is 14.8. The SMILES string of the molecule is CN1C(C(=O)C2C3CC4CC(C3)CC2C4)C(=O)c2ccccc2S1(=O)=O. The Kier molecular flexibility index (Phi) is 3.51. The summed E-state index contributed by atoms with van der Waals surface area (Å²) in [4.78, 5) is 26.6. The second-order valence-electron chi connectivity index (χ2n) is 8.64. The van der Waals surface area contributed by atoms with Crippen LogP contribution in [-0.4, -0.2) is 37.4 Å². The summed E-state index contributed by atoms with van der Waals surface area (Å²) >= 11 is 0. The van der Waals surface area contributed by atoms with Crippen LogP contribution in [0.4, 0.5) is 0 Å². The topological polar surface area (TPSA) is 71.5 Å². The maximum absolute atomic E-state index is 13.5. The van der Waals surface area contributed by atoms with E-state index in [0.29, 0.717) is 11.8 Å². The van der Waals surface area contributed by atoms with Gasteiger partial charge >= 0.3 is 0 Å². The molecule has 1 heterocycles. The van der Waals surface area contributed by atoms with Crippen molar-refractivity contribution in [2.24, 2.45) is 29.6 Å². The van der Waals surface area contributed by atoms with Gasteiger partial charge in [0, 0.05) is 18.5 Å². The van der Waals surface area contributed by atoms with Crippen molar-refractivity contribution in [3.63, 3.8) is 0 Å². The van der Waals surface area contributed by atoms with Crippen molar-refractivity contribution in [1.82, 2.24) is 4.31 Å². The molecule has 5 nitrogen and oxygen atoms in total. The van der Waals surface area contributed by atoms with Crippen LogP contribution >= 0.6 is 0 Å². The van der Waals surface area contributed by atoms with Gasteiger partial charge in [-0.05, 0) is 67.9 Å². The Balaban J connectivity index is 1.54. The number of carbonyl (C=O) groups is 2. The molecule has 1 aromatic rings. The molecule has 4 bridgehead atoms. The predicted octanol–water partition coefficient (Wildman–Crippen LogP) is 2.51. The van der Waals surface area contributed by atoms with E-state index in [1.165, 1.54) is 25.6 Å². The first-order chi connectivity index (χ1) is 12.4. The lowest BCUT2D eigenvalue weighted by Crippen LogP contribution is -2.57. The van der Waals surface area contributed by atoms with E-state index < -0.39 is 16.1 Å². The van der Waals surface area contributed by atoms with Gasteiger partial charge in [0.05, 0.1) is 4.90 Å². The average molecular weight is 373 g/mol. The van der Waals surface area contributed by atoms with Crippen molar-refractivity contribution >= 4 is 21.6 Å². The van der Waals surface area contributed by atoms with Gasteiger partial charge in [-0.25, -0.2) is 8.42 Å². The van der Waals surface area contributed by atoms with Crippen molar-refractivity contribution in [3.8, 4) is 0 Å². The smallest absolute Gasteiger partial charge is 0.244 e. The van der Waals surface area contributed by atoms with E-state index in [-0.39, 0.29) is 27.9 Å². The molecule has 4 fully saturated rings. The standard InChI is InChI=1S/C20H23NO4S/c1-21-18(19(22)15-4-2-3-5-16(15)26(21,24)25)20(23)17-13-7-11-6-12(9-13)10-14(17)8-11/h2-5,11-14,17-18H,6-10H2,1H3. The largest absolute Gasteiger partial charge is 0.297 e. The fraction of sp³-hybridized carbons (Fsp3) is 0.600. The maximum atomic E-state index is 13.5. The Labute approximate surface area is 153 Å². The molecule has 4 saturated carbocycles. The molecule has 1 unspecified atom stereocenters. The highest BCUT2D eigenvalue weighted by molar-refractivity contribution is 7.89. The summed E-state index contributed by atoms with van der Waals surface area (Å²) in [5, 5.41) is 0. The van der Waals surface area contributed by atoms with Gasteiger partial charge in [-0.3, -0.25) is 9.59 Å². The second kappa shape index (κ2) is 5.49. The molecular weight excluding hydrogens is 350 g/mol. The third-order valence-electron chi connectivity index (χ3n) is 7.25. The second-order valence-corrected chi connectivity index (χ2v) is 10.6. The van der Waals surface area contributed by atoms with Crippen LogP contribution in [0, 0.1) is 29.6 Å². The Hall–Kier alpha value is -1.53. The number of nitrogens with zero attached hydrogens (tertiary/aromatic N) is 1. The molecule has 0 spiro atoms. The molecule has 26 heavy (non-hydrogen) atoms. The Morgan fingerprint density at radius 2 is 1.58 bits per heavy atom. The Bertz CT molecular complexity index is 878. The van der Waals surface area contributed by atoms with Crippen LogP contribution in [-0.2, 0) is 14.8 Å². The zero-order chi connectivity index (χ0) is 18.2. The first-order valence-electron chi connectivity index (χ1n) is 9.53. The minimum atomic E-state index is -3.82. The monoisotopic (exact) mass is 373 g/mol. The van der Waals surface area contributed by atoms with Crippen molar-refractivity contribution in [2.75, 3.05) is 7.05 Å². The van der Waals surface area contributed by atoms with E-state index in [1.807, 2.05) is 0 Å². The fourth-order valence-corrected chi connectivity index (χ4v) is 7.87. The van der Waals surface area contributed by atoms with Crippen LogP contribution < -0.4 is 0 Å². The summed E-state index contributed by atoms with van der Waals surface area (Å²) in [6, 6.07) is 5.04. The molecule has 1 aromatic carbocycles. The number of fused-ring (bicyclic) bond motifs is 1. The summed E-state index contributed by atoms with van der Waals surface area (Å²) in [6.45, 7) is 0. The molecule has 0 aromatic heterocycles. The van der Waals surface area contributed by atoms with E-state index in [1.54, 1.807) is 12.1 Å². The maximum Gasteiger partial charge on any atom is 0.244 e. The van der Waals surface area contributed by atoms with E-state index in [2.05, 4.69) is 0 Å². The van der Waals surface area contributed by atoms with Gasteiger partial charge in [-0.15, -0.1) is 0 Å². The van der Waals surface area contributed by atoms with Gasteiger partial charge in [0.2, 0.25) is 10.0 Å². The van der Waals surface area contributed by atoms with Crippen LogP contribution in [0.5, 0.6) is 0 Å². The van der Waals surface area contributed by atoms with Crippen LogP contribution in [0.15, 0.2) is 29.2 Å². The number of sulfonamides is 1. The molecule has 1 atom stereocenters. The molecule has 1 aliphatic heterocycles. The van der Waals surface area contributed by atoms with Crippen molar-refractivity contribution in [2.45, 2.75) is 43.0 Å². The van der Waals surface area contributed by atoms with E-state index in [9.17, 15) is 18.0 Å². The van der Waals surface area contributed by atoms with Crippen molar-refractivity contribution in [3.05, 3.63) is 29.8 Å². The molecule has 138 valence electrons. The van der Waals surface area contributed by atoms with Crippen LogP contribution in [0.25, 0.3) is 0 Å². The normalized spacial score (nSPS) is 40.4. The number of hydrogen-bond donors (Lipinski definition) is 0. The molecule has 5 aliphatic rings. The summed E-state index contributed by atoms with van der Waals surface area (Å²) < 4.78 is 26.8. The fourth-order valence-electron chi connectivity index (χ4n) is 6.38. The molecule has 0 N–H and O–H groups in total. The highest BCUT2D eigenvalue weighted by atomic mass is 32.2. The van der Waals surface area contributed by atoms with Crippen LogP contribution in [0.3, 0.4) is 0 Å². The van der Waals surface area contributed by atoms with Gasteiger partial charge in [-0.1, -0.05) is 12.1 Å². The van der Waals surface area contributed by atoms with E-state index in [4.69, 9.17) is 0 Å². The minimum Gasteiger partial charge on any atom is -0.297 e. The van der Waals surface area contributed by atoms with Gasteiger partial charge in [0.25, 0.3) is 0 Å². The third-order valence-corrected chi connectivity index (χ3v) is 9.13. The number of hydrogen-bond acceptors (Lipinski definition) is 4. The van der Waals surface area contributed by atoms with Crippen LogP contribution in [0.1, 0.15) is 42.5 Å². The highest BCUT2D eigenvalue weighted by Gasteiger charge is 2.55. The minimum absolute atomic E-state index is 0.0154. The lowest BCUT2D eigenvalue weighted by molar-refractivity contribution is -0.138. The van der Waals surface area contributed by atoms with Gasteiger partial charge in [-0.2, -0.15) is 4.31 Å². The lowest BCUT2D eigenvalue weighted by atomic mass is 9.50. The number of rotatable bonds is 2. The molecule has 4 aliphatic carbocycles. The molecule has 6 rings (SSSR count). The number of carbonyl (C=O) groups excluding carboxylic acids is 2. The summed E-state index contributed by atoms with van der Waals surface area (Å²) in [6.07, 6.45) is 5.56. The van der Waals surface area contributed by atoms with Crippen molar-refractivity contribution in [1.29, 1.82) is 0 Å². The summed E-state index contributed by atoms with van der Waals surface area (Å²) in [5.41, 5.74) is 0.160. The number of benzene rings is 1. The van der Waals surface area contributed by atoms with Gasteiger partial charge in [0.1, 0.15) is 6.04 Å². The zero-order valence-corrected chi connectivity index (χ0v) is 15.6. The number of likely N-dealkylation sites (N-methyl/N-ethyl adjacent to an activating group) is 1. The highest BCUT2D eigenvalue weighted by Crippen LogP contribution is 2.57. The van der Waals surface area contributed by atoms with Crippen LogP contribution in [0.2, 0.25) is 0 Å². The molecule has 0 amide bonds. The summed E-state index contributed by atoms with van der Waals surface area (Å²) in [7, 11) is -2.44. The molecule has 6 heteroatoms. The van der Waals surface area contributed by atoms with Crippen molar-refractivity contribution < 1.29 is 18.0 Å². The lowest BCUT2D eigenvalue weighted by Gasteiger charge is -2.54. The van der Waals surface area contributed by atoms with Gasteiger partial charge in [0.15, 0.2) is 11.6 Å². The van der Waals surface area contributed by atoms with E-state index in [0.717, 1.165) is 41.8 Å². The average Bonchev–Trinajstić information content (AvgIpc) is 2.60. The molecule has 0 radical (unpaired) electrons. The molecule has 0 saturated heterocycles. The summed E-state index contributed by atoms with van der Waals surface area (Å²) in [5.74, 6) is 1.44. The molecular formula is C20H23NO4S. The number of Topliss-reactive ketones (excluding diaryl/α,β-unsaturated/α-hetero) is 2. The quantitative estimate of drug-likeness (QED) is 0.747. The number of ketones is 2. The Morgan fingerprint density at radius 1 is 1.00 bits per heavy atom. The van der Waals surface area contributed by atoms with E-state index >= 15 is 0 Å².